The lowest BCUT2D eigenvalue weighted by atomic mass is 10.0. The van der Waals surface area contributed by atoms with Crippen molar-refractivity contribution in [3.05, 3.63) is 17.8 Å². The number of carbonyl (C=O) groups is 1. The van der Waals surface area contributed by atoms with E-state index in [1.807, 2.05) is 34.6 Å². The maximum absolute atomic E-state index is 12.4. The average Bonchev–Trinajstić information content (AvgIpc) is 2.47. The smallest absolute Gasteiger partial charge is 0.256 e. The summed E-state index contributed by atoms with van der Waals surface area (Å²) in [6.07, 6.45) is 1.49. The predicted octanol–water partition coefficient (Wildman–Crippen LogP) is 3.32. The van der Waals surface area contributed by atoms with Gasteiger partial charge in [-0.2, -0.15) is 0 Å². The fourth-order valence-corrected chi connectivity index (χ4v) is 1.81. The zero-order chi connectivity index (χ0) is 15.9. The van der Waals surface area contributed by atoms with Crippen LogP contribution in [0.1, 0.15) is 46.2 Å². The van der Waals surface area contributed by atoms with Crippen molar-refractivity contribution < 1.29 is 14.3 Å². The van der Waals surface area contributed by atoms with E-state index in [1.54, 1.807) is 12.1 Å². The molecule has 21 heavy (non-hydrogen) atoms. The molecule has 0 bridgehead atoms. The maximum atomic E-state index is 12.4. The fraction of sp³-hybridized carbons (Fsp3) is 0.625. The minimum Gasteiger partial charge on any atom is -0.478 e. The summed E-state index contributed by atoms with van der Waals surface area (Å²) in [4.78, 5) is 16.7. The summed E-state index contributed by atoms with van der Waals surface area (Å²) < 4.78 is 11.0. The summed E-state index contributed by atoms with van der Waals surface area (Å²) in [7, 11) is 0. The van der Waals surface area contributed by atoms with Crippen LogP contribution in [0.5, 0.6) is 5.88 Å². The number of hydrogen-bond donors (Lipinski definition) is 1. The molecule has 1 aromatic heterocycles. The number of nitrogens with one attached hydrogen (secondary N) is 1. The van der Waals surface area contributed by atoms with Crippen molar-refractivity contribution in [2.24, 2.45) is 0 Å². The van der Waals surface area contributed by atoms with Crippen molar-refractivity contribution in [1.29, 1.82) is 0 Å². The number of hydrogen-bond acceptors (Lipinski definition) is 4. The van der Waals surface area contributed by atoms with Crippen molar-refractivity contribution in [2.75, 3.05) is 18.5 Å². The summed E-state index contributed by atoms with van der Waals surface area (Å²) in [6.45, 7) is 10.7. The molecule has 0 spiro atoms. The molecule has 0 fully saturated rings. The molecule has 5 heteroatoms. The largest absolute Gasteiger partial charge is 0.478 e. The molecule has 1 rings (SSSR count). The first kappa shape index (κ1) is 17.4. The minimum absolute atomic E-state index is 0.146. The Balaban J connectivity index is 2.81. The van der Waals surface area contributed by atoms with Gasteiger partial charge in [0.2, 0.25) is 5.88 Å². The number of anilines is 1. The maximum Gasteiger partial charge on any atom is 0.256 e. The summed E-state index contributed by atoms with van der Waals surface area (Å²) in [5, 5.41) is 2.90. The van der Waals surface area contributed by atoms with E-state index in [1.165, 1.54) is 0 Å². The van der Waals surface area contributed by atoms with Crippen LogP contribution in [0.2, 0.25) is 0 Å². The van der Waals surface area contributed by atoms with Gasteiger partial charge in [-0.15, -0.1) is 0 Å². The van der Waals surface area contributed by atoms with Crippen LogP contribution in [-0.4, -0.2) is 29.7 Å². The van der Waals surface area contributed by atoms with E-state index in [0.29, 0.717) is 31.2 Å². The molecule has 0 radical (unpaired) electrons. The molecule has 0 aromatic carbocycles. The Morgan fingerprint density at radius 3 is 2.57 bits per heavy atom. The first-order chi connectivity index (χ1) is 9.96. The van der Waals surface area contributed by atoms with Gasteiger partial charge in [0.15, 0.2) is 0 Å². The van der Waals surface area contributed by atoms with Crippen LogP contribution in [0.15, 0.2) is 12.1 Å². The van der Waals surface area contributed by atoms with E-state index in [4.69, 9.17) is 9.47 Å². The third-order valence-electron chi connectivity index (χ3n) is 3.38. The lowest BCUT2D eigenvalue weighted by Gasteiger charge is -2.27. The standard InChI is InChI=1S/C16H26N2O3/c1-6-11-21-16(5,7-2)15(19)18-13-9-10-14(20-8-3)17-12(13)4/h9-10H,6-8,11H2,1-5H3,(H,18,19). The molecular formula is C16H26N2O3. The highest BCUT2D eigenvalue weighted by molar-refractivity contribution is 5.97. The van der Waals surface area contributed by atoms with Crippen LogP contribution in [0, 0.1) is 6.92 Å². The molecule has 0 saturated heterocycles. The number of carbonyl (C=O) groups excluding carboxylic acids is 1. The molecule has 1 unspecified atom stereocenters. The van der Waals surface area contributed by atoms with Crippen molar-refractivity contribution >= 4 is 11.6 Å². The molecule has 0 aliphatic rings. The first-order valence-electron chi connectivity index (χ1n) is 7.52. The average molecular weight is 294 g/mol. The van der Waals surface area contributed by atoms with Crippen LogP contribution in [0.25, 0.3) is 0 Å². The molecule has 118 valence electrons. The Morgan fingerprint density at radius 2 is 2.05 bits per heavy atom. The minimum atomic E-state index is -0.818. The molecular weight excluding hydrogens is 268 g/mol. The molecule has 5 nitrogen and oxygen atoms in total. The topological polar surface area (TPSA) is 60.5 Å². The van der Waals surface area contributed by atoms with Gasteiger partial charge in [0.05, 0.1) is 18.0 Å². The Bertz CT molecular complexity index is 477. The van der Waals surface area contributed by atoms with Gasteiger partial charge in [-0.3, -0.25) is 4.79 Å². The van der Waals surface area contributed by atoms with Gasteiger partial charge in [0.1, 0.15) is 5.60 Å². The Hall–Kier alpha value is -1.62. The number of nitrogens with zero attached hydrogens (tertiary/aromatic N) is 1. The third kappa shape index (κ3) is 4.70. The zero-order valence-electron chi connectivity index (χ0n) is 13.7. The highest BCUT2D eigenvalue weighted by Crippen LogP contribution is 2.22. The zero-order valence-corrected chi connectivity index (χ0v) is 13.7. The molecule has 1 atom stereocenters. The molecule has 1 aromatic rings. The van der Waals surface area contributed by atoms with Gasteiger partial charge in [-0.1, -0.05) is 13.8 Å². The molecule has 0 aliphatic heterocycles. The number of aromatic nitrogens is 1. The predicted molar refractivity (Wildman–Crippen MR) is 83.7 cm³/mol. The highest BCUT2D eigenvalue weighted by atomic mass is 16.5. The molecule has 0 aliphatic carbocycles. The van der Waals surface area contributed by atoms with Crippen LogP contribution >= 0.6 is 0 Å². The number of aryl methyl sites for hydroxylation is 1. The number of rotatable bonds is 8. The lowest BCUT2D eigenvalue weighted by Crippen LogP contribution is -2.42. The van der Waals surface area contributed by atoms with Gasteiger partial charge in [0, 0.05) is 12.7 Å². The Morgan fingerprint density at radius 1 is 1.33 bits per heavy atom. The summed E-state index contributed by atoms with van der Waals surface area (Å²) >= 11 is 0. The normalized spacial score (nSPS) is 13.6. The Kier molecular flexibility index (Phi) is 6.62. The van der Waals surface area contributed by atoms with E-state index in [2.05, 4.69) is 10.3 Å². The van der Waals surface area contributed by atoms with Crippen LogP contribution in [-0.2, 0) is 9.53 Å². The van der Waals surface area contributed by atoms with E-state index in [0.717, 1.165) is 12.1 Å². The number of ether oxygens (including phenoxy) is 2. The quantitative estimate of drug-likeness (QED) is 0.799. The second kappa shape index (κ2) is 7.98. The van der Waals surface area contributed by atoms with Crippen molar-refractivity contribution in [3.63, 3.8) is 0 Å². The number of amides is 1. The third-order valence-corrected chi connectivity index (χ3v) is 3.38. The summed E-state index contributed by atoms with van der Waals surface area (Å²) in [5.74, 6) is 0.418. The summed E-state index contributed by atoms with van der Waals surface area (Å²) in [5.41, 5.74) is 0.590. The molecule has 1 amide bonds. The van der Waals surface area contributed by atoms with Gasteiger partial charge >= 0.3 is 0 Å². The molecule has 1 N–H and O–H groups in total. The fourth-order valence-electron chi connectivity index (χ4n) is 1.81. The van der Waals surface area contributed by atoms with E-state index >= 15 is 0 Å². The summed E-state index contributed by atoms with van der Waals surface area (Å²) in [6, 6.07) is 3.56. The molecule has 0 saturated carbocycles. The SMILES string of the molecule is CCCOC(C)(CC)C(=O)Nc1ccc(OCC)nc1C. The van der Waals surface area contributed by atoms with Gasteiger partial charge in [-0.25, -0.2) is 4.98 Å². The highest BCUT2D eigenvalue weighted by Gasteiger charge is 2.32. The van der Waals surface area contributed by atoms with Crippen LogP contribution < -0.4 is 10.1 Å². The van der Waals surface area contributed by atoms with Crippen LogP contribution in [0.4, 0.5) is 5.69 Å². The van der Waals surface area contributed by atoms with E-state index in [9.17, 15) is 4.79 Å². The molecule has 1 heterocycles. The lowest BCUT2D eigenvalue weighted by molar-refractivity contribution is -0.139. The number of pyridine rings is 1. The van der Waals surface area contributed by atoms with Crippen molar-refractivity contribution in [3.8, 4) is 5.88 Å². The van der Waals surface area contributed by atoms with E-state index in [-0.39, 0.29) is 5.91 Å². The Labute approximate surface area is 127 Å². The second-order valence-electron chi connectivity index (χ2n) is 5.10. The first-order valence-corrected chi connectivity index (χ1v) is 7.52. The van der Waals surface area contributed by atoms with Crippen molar-refractivity contribution in [1.82, 2.24) is 4.98 Å². The van der Waals surface area contributed by atoms with E-state index < -0.39 is 5.60 Å². The second-order valence-corrected chi connectivity index (χ2v) is 5.10. The van der Waals surface area contributed by atoms with Crippen molar-refractivity contribution in [2.45, 2.75) is 53.1 Å². The van der Waals surface area contributed by atoms with Gasteiger partial charge < -0.3 is 14.8 Å². The van der Waals surface area contributed by atoms with Crippen LogP contribution in [0.3, 0.4) is 0 Å². The van der Waals surface area contributed by atoms with Gasteiger partial charge in [0.25, 0.3) is 5.91 Å². The van der Waals surface area contributed by atoms with Gasteiger partial charge in [-0.05, 0) is 39.7 Å². The monoisotopic (exact) mass is 294 g/mol.